The van der Waals surface area contributed by atoms with Gasteiger partial charge in [0.25, 0.3) is 0 Å². The Morgan fingerprint density at radius 2 is 2.13 bits per heavy atom. The molecule has 4 nitrogen and oxygen atoms in total. The van der Waals surface area contributed by atoms with Gasteiger partial charge in [-0.15, -0.1) is 18.2 Å². The summed E-state index contributed by atoms with van der Waals surface area (Å²) < 4.78 is 0. The van der Waals surface area contributed by atoms with Gasteiger partial charge in [0.05, 0.1) is 6.04 Å². The number of alkyl halides is 1. The number of aliphatic hydroxyl groups is 1. The lowest BCUT2D eigenvalue weighted by atomic mass is 9.69. The Morgan fingerprint density at radius 1 is 1.37 bits per heavy atom. The van der Waals surface area contributed by atoms with E-state index in [2.05, 4.69) is 48.8 Å². The van der Waals surface area contributed by atoms with Crippen LogP contribution in [0.3, 0.4) is 0 Å². The van der Waals surface area contributed by atoms with Gasteiger partial charge < -0.3 is 5.11 Å². The summed E-state index contributed by atoms with van der Waals surface area (Å²) in [5, 5.41) is 14.9. The Kier molecular flexibility index (Phi) is 5.49. The van der Waals surface area contributed by atoms with E-state index in [1.165, 1.54) is 16.7 Å². The maximum Gasteiger partial charge on any atom is 0.125 e. The monoisotopic (exact) mass is 449 g/mol. The molecule has 0 amide bonds. The summed E-state index contributed by atoms with van der Waals surface area (Å²) in [6, 6.07) is 0.693. The standard InChI is InChI=1S/C24H33Cl2N3O/c1-5-10-28-21(12(2)3)19-20(27-28)24(30)29-22-13(4)6-9-17(26)18(22)16-11-14(25)7-8-15(16)23(19)29/h5-6,9,12-14,19-24,27,30H,1,7-8,10-11H2,2-4H3. The summed E-state index contributed by atoms with van der Waals surface area (Å²) >= 11 is 13.5. The maximum atomic E-state index is 11.6. The van der Waals surface area contributed by atoms with Crippen molar-refractivity contribution in [2.45, 2.75) is 75.8 Å². The molecule has 164 valence electrons. The first-order valence-corrected chi connectivity index (χ1v) is 12.2. The molecule has 3 heterocycles. The van der Waals surface area contributed by atoms with Gasteiger partial charge in [-0.25, -0.2) is 10.4 Å². The van der Waals surface area contributed by atoms with E-state index in [0.29, 0.717) is 23.8 Å². The van der Waals surface area contributed by atoms with Crippen LogP contribution in [0.25, 0.3) is 0 Å². The van der Waals surface area contributed by atoms with Crippen molar-refractivity contribution < 1.29 is 5.11 Å². The van der Waals surface area contributed by atoms with Gasteiger partial charge in [0.15, 0.2) is 0 Å². The Bertz CT molecular complexity index is 834. The molecule has 2 aliphatic carbocycles. The Labute approximate surface area is 190 Å². The second-order valence-corrected chi connectivity index (χ2v) is 11.0. The molecular formula is C24H33Cl2N3O. The normalized spacial score (nSPS) is 43.7. The van der Waals surface area contributed by atoms with Gasteiger partial charge in [0.2, 0.25) is 0 Å². The second kappa shape index (κ2) is 7.75. The largest absolute Gasteiger partial charge is 0.377 e. The van der Waals surface area contributed by atoms with Crippen LogP contribution in [-0.4, -0.2) is 57.3 Å². The highest BCUT2D eigenvalue weighted by molar-refractivity contribution is 6.32. The first-order valence-electron chi connectivity index (χ1n) is 11.4. The zero-order valence-corrected chi connectivity index (χ0v) is 19.6. The molecule has 2 N–H and O–H groups in total. The number of fused-ring (bicyclic) bond motifs is 7. The van der Waals surface area contributed by atoms with Crippen molar-refractivity contribution in [2.24, 2.45) is 17.8 Å². The Hall–Kier alpha value is -0.620. The SMILES string of the molecule is C=CCN1NC2C(C1C(C)C)C1C3=C(CC(Cl)CC3)C3=C(Cl)C=CC(C)C3N1C2O. The van der Waals surface area contributed by atoms with E-state index in [9.17, 15) is 5.11 Å². The third-order valence-electron chi connectivity index (χ3n) is 7.95. The Morgan fingerprint density at radius 3 is 2.83 bits per heavy atom. The van der Waals surface area contributed by atoms with E-state index in [4.69, 9.17) is 23.2 Å². The van der Waals surface area contributed by atoms with Crippen LogP contribution in [0.15, 0.2) is 46.6 Å². The molecule has 8 unspecified atom stereocenters. The van der Waals surface area contributed by atoms with Gasteiger partial charge in [0.1, 0.15) is 6.23 Å². The number of nitrogens with zero attached hydrogens (tertiary/aromatic N) is 2. The quantitative estimate of drug-likeness (QED) is 0.500. The smallest absolute Gasteiger partial charge is 0.125 e. The summed E-state index contributed by atoms with van der Waals surface area (Å²) in [6.45, 7) is 11.6. The van der Waals surface area contributed by atoms with Crippen molar-refractivity contribution in [3.05, 3.63) is 46.6 Å². The van der Waals surface area contributed by atoms with Crippen molar-refractivity contribution in [3.8, 4) is 0 Å². The average molecular weight is 450 g/mol. The molecule has 0 saturated carbocycles. The number of hydrazine groups is 1. The number of nitrogens with one attached hydrogen (secondary N) is 1. The van der Waals surface area contributed by atoms with Crippen LogP contribution in [0, 0.1) is 17.8 Å². The third kappa shape index (κ3) is 2.95. The van der Waals surface area contributed by atoms with Gasteiger partial charge >= 0.3 is 0 Å². The van der Waals surface area contributed by atoms with Gasteiger partial charge in [-0.3, -0.25) is 4.90 Å². The topological polar surface area (TPSA) is 38.7 Å². The van der Waals surface area contributed by atoms with Gasteiger partial charge in [-0.1, -0.05) is 44.5 Å². The van der Waals surface area contributed by atoms with Crippen LogP contribution >= 0.6 is 23.2 Å². The molecule has 0 bridgehead atoms. The third-order valence-corrected chi connectivity index (χ3v) is 8.65. The van der Waals surface area contributed by atoms with E-state index < -0.39 is 6.23 Å². The molecule has 6 heteroatoms. The van der Waals surface area contributed by atoms with E-state index in [1.54, 1.807) is 0 Å². The molecule has 5 aliphatic rings. The maximum absolute atomic E-state index is 11.6. The van der Waals surface area contributed by atoms with Crippen LogP contribution in [0.4, 0.5) is 0 Å². The molecule has 2 fully saturated rings. The number of halogens is 2. The van der Waals surface area contributed by atoms with Crippen LogP contribution in [-0.2, 0) is 0 Å². The average Bonchev–Trinajstić information content (AvgIpc) is 3.20. The number of allylic oxidation sites excluding steroid dienone is 2. The molecule has 0 aromatic carbocycles. The minimum Gasteiger partial charge on any atom is -0.377 e. The highest BCUT2D eigenvalue weighted by Crippen LogP contribution is 2.55. The van der Waals surface area contributed by atoms with E-state index in [-0.39, 0.29) is 23.5 Å². The van der Waals surface area contributed by atoms with Crippen LogP contribution < -0.4 is 5.43 Å². The van der Waals surface area contributed by atoms with E-state index in [0.717, 1.165) is 30.8 Å². The van der Waals surface area contributed by atoms with Crippen LogP contribution in [0.1, 0.15) is 40.0 Å². The zero-order chi connectivity index (χ0) is 21.3. The highest BCUT2D eigenvalue weighted by Gasteiger charge is 2.62. The molecule has 0 aromatic rings. The molecule has 30 heavy (non-hydrogen) atoms. The van der Waals surface area contributed by atoms with Gasteiger partial charge in [-0.05, 0) is 53.9 Å². The molecule has 0 aromatic heterocycles. The number of aliphatic hydroxyl groups excluding tert-OH is 1. The minimum atomic E-state index is -0.544. The van der Waals surface area contributed by atoms with Gasteiger partial charge in [0, 0.05) is 41.0 Å². The first-order chi connectivity index (χ1) is 14.3. The van der Waals surface area contributed by atoms with E-state index >= 15 is 0 Å². The first kappa shape index (κ1) is 21.2. The fourth-order valence-corrected chi connectivity index (χ4v) is 7.52. The lowest BCUT2D eigenvalue weighted by molar-refractivity contribution is -0.0394. The molecule has 5 rings (SSSR count). The van der Waals surface area contributed by atoms with Gasteiger partial charge in [-0.2, -0.15) is 0 Å². The predicted octanol–water partition coefficient (Wildman–Crippen LogP) is 4.17. The Balaban J connectivity index is 1.67. The van der Waals surface area contributed by atoms with Crippen molar-refractivity contribution in [1.29, 1.82) is 0 Å². The molecule has 8 atom stereocenters. The summed E-state index contributed by atoms with van der Waals surface area (Å²) in [6.07, 6.45) is 8.52. The fraction of sp³-hybridized carbons (Fsp3) is 0.667. The van der Waals surface area contributed by atoms with E-state index in [1.807, 2.05) is 12.2 Å². The highest BCUT2D eigenvalue weighted by atomic mass is 35.5. The fourth-order valence-electron chi connectivity index (χ4n) is 6.95. The molecule has 2 saturated heterocycles. The zero-order valence-electron chi connectivity index (χ0n) is 18.1. The van der Waals surface area contributed by atoms with Crippen molar-refractivity contribution in [1.82, 2.24) is 15.3 Å². The van der Waals surface area contributed by atoms with Crippen molar-refractivity contribution in [3.63, 3.8) is 0 Å². The lowest BCUT2D eigenvalue weighted by Gasteiger charge is -2.50. The van der Waals surface area contributed by atoms with Crippen LogP contribution in [0.2, 0.25) is 0 Å². The molecule has 0 spiro atoms. The van der Waals surface area contributed by atoms with Crippen LogP contribution in [0.5, 0.6) is 0 Å². The predicted molar refractivity (Wildman–Crippen MR) is 123 cm³/mol. The summed E-state index contributed by atoms with van der Waals surface area (Å²) in [5.41, 5.74) is 7.74. The lowest BCUT2D eigenvalue weighted by Crippen LogP contribution is -2.58. The summed E-state index contributed by atoms with van der Waals surface area (Å²) in [4.78, 5) is 2.39. The number of rotatable bonds is 3. The molecule has 0 radical (unpaired) electrons. The number of hydrogen-bond acceptors (Lipinski definition) is 4. The minimum absolute atomic E-state index is 0.0149. The number of hydrogen-bond donors (Lipinski definition) is 2. The molecular weight excluding hydrogens is 417 g/mol. The summed E-state index contributed by atoms with van der Waals surface area (Å²) in [7, 11) is 0. The van der Waals surface area contributed by atoms with Crippen molar-refractivity contribution in [2.75, 3.05) is 6.54 Å². The summed E-state index contributed by atoms with van der Waals surface area (Å²) in [5.74, 6) is 1.09. The molecule has 3 aliphatic heterocycles. The second-order valence-electron chi connectivity index (χ2n) is 9.98. The van der Waals surface area contributed by atoms with Crippen molar-refractivity contribution >= 4 is 23.2 Å².